The van der Waals surface area contributed by atoms with E-state index < -0.39 is 0 Å². The highest BCUT2D eigenvalue weighted by atomic mass is 32.2. The number of aromatic nitrogens is 3. The first-order valence-electron chi connectivity index (χ1n) is 14.5. The Morgan fingerprint density at radius 2 is 1.55 bits per heavy atom. The van der Waals surface area contributed by atoms with Gasteiger partial charge < -0.3 is 34.8 Å². The second kappa shape index (κ2) is 13.1. The lowest BCUT2D eigenvalue weighted by atomic mass is 10.2. The fourth-order valence-corrected chi connectivity index (χ4v) is 6.34. The topological polar surface area (TPSA) is 108 Å². The number of anilines is 4. The van der Waals surface area contributed by atoms with Gasteiger partial charge in [0.2, 0.25) is 11.9 Å². The molecule has 3 fully saturated rings. The molecule has 12 heteroatoms. The smallest absolute Gasteiger partial charge is 0.323 e. The summed E-state index contributed by atoms with van der Waals surface area (Å²) < 4.78 is 11.5. The number of morpholine rings is 1. The van der Waals surface area contributed by atoms with Crippen LogP contribution < -0.4 is 25.2 Å². The standard InChI is InChI=1S/C30H38N8O3S/c1-36(2)13-16-41-26-11-7-23(8-12-26)32-30(39)31-22-5-3-21(4-6-22)27-33-28(37-14-17-42-18-15-37)35-29(34-27)38-24-9-10-25(38)20-40-19-24/h3-8,11-12,24-25H,9-10,13-20H2,1-2H3,(H2,31,32,39). The third kappa shape index (κ3) is 6.88. The van der Waals surface area contributed by atoms with Crippen molar-refractivity contribution in [3.63, 3.8) is 0 Å². The predicted octanol–water partition coefficient (Wildman–Crippen LogP) is 4.04. The normalized spacial score (nSPS) is 20.1. The number of hydrogen-bond donors (Lipinski definition) is 2. The highest BCUT2D eigenvalue weighted by Gasteiger charge is 2.39. The number of benzene rings is 2. The molecule has 3 aromatic rings. The molecular formula is C30H38N8O3S. The minimum atomic E-state index is -0.320. The van der Waals surface area contributed by atoms with Gasteiger partial charge in [-0.2, -0.15) is 26.7 Å². The Morgan fingerprint density at radius 3 is 2.19 bits per heavy atom. The molecular weight excluding hydrogens is 552 g/mol. The van der Waals surface area contributed by atoms with Gasteiger partial charge in [-0.15, -0.1) is 0 Å². The van der Waals surface area contributed by atoms with Crippen LogP contribution in [0.1, 0.15) is 12.8 Å². The zero-order valence-electron chi connectivity index (χ0n) is 24.2. The highest BCUT2D eigenvalue weighted by Crippen LogP contribution is 2.34. The van der Waals surface area contributed by atoms with Crippen molar-refractivity contribution in [2.75, 3.05) is 85.5 Å². The van der Waals surface area contributed by atoms with Crippen molar-refractivity contribution in [2.45, 2.75) is 24.9 Å². The van der Waals surface area contributed by atoms with Crippen molar-refractivity contribution >= 4 is 41.1 Å². The molecule has 3 aliphatic heterocycles. The molecule has 2 amide bonds. The van der Waals surface area contributed by atoms with Crippen LogP contribution in [0.2, 0.25) is 0 Å². The summed E-state index contributed by atoms with van der Waals surface area (Å²) in [6, 6.07) is 15.3. The SMILES string of the molecule is CN(C)CCOc1ccc(NC(=O)Nc2ccc(-c3nc(N4CCSCC4)nc(N4C5CCC4COC5)n3)cc2)cc1. The molecule has 3 aliphatic rings. The van der Waals surface area contributed by atoms with Gasteiger partial charge in [0.25, 0.3) is 0 Å². The largest absolute Gasteiger partial charge is 0.492 e. The number of rotatable bonds is 9. The minimum Gasteiger partial charge on any atom is -0.492 e. The minimum absolute atomic E-state index is 0.306. The molecule has 2 atom stereocenters. The maximum Gasteiger partial charge on any atom is 0.323 e. The summed E-state index contributed by atoms with van der Waals surface area (Å²) in [5, 5.41) is 5.77. The van der Waals surface area contributed by atoms with Gasteiger partial charge in [0.15, 0.2) is 5.82 Å². The predicted molar refractivity (Wildman–Crippen MR) is 168 cm³/mol. The van der Waals surface area contributed by atoms with E-state index in [9.17, 15) is 4.79 Å². The molecule has 0 radical (unpaired) electrons. The Bertz CT molecular complexity index is 1340. The zero-order chi connectivity index (χ0) is 28.9. The van der Waals surface area contributed by atoms with Crippen LogP contribution >= 0.6 is 11.8 Å². The summed E-state index contributed by atoms with van der Waals surface area (Å²) in [5.41, 5.74) is 2.24. The van der Waals surface area contributed by atoms with Crippen molar-refractivity contribution in [2.24, 2.45) is 0 Å². The van der Waals surface area contributed by atoms with E-state index in [1.807, 2.05) is 74.4 Å². The first kappa shape index (κ1) is 28.5. The number of nitrogens with zero attached hydrogens (tertiary/aromatic N) is 6. The number of fused-ring (bicyclic) bond motifs is 2. The van der Waals surface area contributed by atoms with E-state index in [1.165, 1.54) is 0 Å². The van der Waals surface area contributed by atoms with Gasteiger partial charge in [-0.25, -0.2) is 4.79 Å². The number of carbonyl (C=O) groups is 1. The lowest BCUT2D eigenvalue weighted by molar-refractivity contribution is 0.0897. The summed E-state index contributed by atoms with van der Waals surface area (Å²) in [7, 11) is 4.01. The molecule has 2 N–H and O–H groups in total. The molecule has 1 aromatic heterocycles. The lowest BCUT2D eigenvalue weighted by Gasteiger charge is -2.35. The first-order chi connectivity index (χ1) is 20.5. The maximum atomic E-state index is 12.7. The number of likely N-dealkylation sites (N-methyl/N-ethyl adjacent to an activating group) is 1. The van der Waals surface area contributed by atoms with Crippen molar-refractivity contribution in [1.82, 2.24) is 19.9 Å². The molecule has 3 saturated heterocycles. The van der Waals surface area contributed by atoms with E-state index in [0.29, 0.717) is 49.1 Å². The molecule has 6 rings (SSSR count). The molecule has 0 aliphatic carbocycles. The van der Waals surface area contributed by atoms with Gasteiger partial charge >= 0.3 is 6.03 Å². The second-order valence-corrected chi connectivity index (χ2v) is 12.2. The van der Waals surface area contributed by atoms with Gasteiger partial charge in [0.05, 0.1) is 25.3 Å². The molecule has 222 valence electrons. The van der Waals surface area contributed by atoms with Crippen LogP contribution in [0.15, 0.2) is 48.5 Å². The molecule has 2 bridgehead atoms. The fraction of sp³-hybridized carbons (Fsp3) is 0.467. The number of amides is 2. The number of ether oxygens (including phenoxy) is 2. The van der Waals surface area contributed by atoms with Crippen molar-refractivity contribution < 1.29 is 14.3 Å². The van der Waals surface area contributed by atoms with Crippen molar-refractivity contribution in [3.05, 3.63) is 48.5 Å². The van der Waals surface area contributed by atoms with Gasteiger partial charge in [-0.1, -0.05) is 0 Å². The average molecular weight is 591 g/mol. The third-order valence-electron chi connectivity index (χ3n) is 7.70. The second-order valence-electron chi connectivity index (χ2n) is 11.0. The molecule has 42 heavy (non-hydrogen) atoms. The first-order valence-corrected chi connectivity index (χ1v) is 15.7. The van der Waals surface area contributed by atoms with Gasteiger partial charge in [0, 0.05) is 48.1 Å². The number of nitrogens with one attached hydrogen (secondary N) is 2. The zero-order valence-corrected chi connectivity index (χ0v) is 25.0. The van der Waals surface area contributed by atoms with Crippen LogP contribution in [0, 0.1) is 0 Å². The summed E-state index contributed by atoms with van der Waals surface area (Å²) in [6.45, 7) is 4.72. The van der Waals surface area contributed by atoms with Gasteiger partial charge in [-0.05, 0) is 75.5 Å². The number of hydrogen-bond acceptors (Lipinski definition) is 10. The number of urea groups is 1. The van der Waals surface area contributed by atoms with Crippen LogP contribution in [-0.2, 0) is 4.74 Å². The molecule has 4 heterocycles. The fourth-order valence-electron chi connectivity index (χ4n) is 5.43. The van der Waals surface area contributed by atoms with Crippen LogP contribution in [0.25, 0.3) is 11.4 Å². The van der Waals surface area contributed by atoms with Crippen LogP contribution in [0.3, 0.4) is 0 Å². The summed E-state index contributed by atoms with van der Waals surface area (Å²) in [4.78, 5) is 34.1. The van der Waals surface area contributed by atoms with E-state index in [4.69, 9.17) is 24.4 Å². The van der Waals surface area contributed by atoms with E-state index in [-0.39, 0.29) is 6.03 Å². The van der Waals surface area contributed by atoms with E-state index in [1.54, 1.807) is 0 Å². The Labute approximate surface area is 251 Å². The maximum absolute atomic E-state index is 12.7. The molecule has 0 saturated carbocycles. The molecule has 2 unspecified atom stereocenters. The summed E-state index contributed by atoms with van der Waals surface area (Å²) >= 11 is 1.96. The Balaban J connectivity index is 1.13. The van der Waals surface area contributed by atoms with E-state index in [2.05, 4.69) is 25.3 Å². The quantitative estimate of drug-likeness (QED) is 0.379. The van der Waals surface area contributed by atoms with Crippen LogP contribution in [0.4, 0.5) is 28.1 Å². The Morgan fingerprint density at radius 1 is 0.929 bits per heavy atom. The lowest BCUT2D eigenvalue weighted by Crippen LogP contribution is -2.47. The van der Waals surface area contributed by atoms with Gasteiger partial charge in [0.1, 0.15) is 12.4 Å². The molecule has 0 spiro atoms. The highest BCUT2D eigenvalue weighted by molar-refractivity contribution is 7.99. The van der Waals surface area contributed by atoms with E-state index in [0.717, 1.165) is 67.2 Å². The summed E-state index contributed by atoms with van der Waals surface area (Å²) in [6.07, 6.45) is 2.19. The van der Waals surface area contributed by atoms with Gasteiger partial charge in [-0.3, -0.25) is 0 Å². The third-order valence-corrected chi connectivity index (χ3v) is 8.64. The van der Waals surface area contributed by atoms with E-state index >= 15 is 0 Å². The Hall–Kier alpha value is -3.61. The summed E-state index contributed by atoms with van der Waals surface area (Å²) in [5.74, 6) is 5.01. The number of carbonyl (C=O) groups excluding carboxylic acids is 1. The van der Waals surface area contributed by atoms with Crippen molar-refractivity contribution in [3.8, 4) is 17.1 Å². The average Bonchev–Trinajstić information content (AvgIpc) is 3.26. The van der Waals surface area contributed by atoms with Crippen LogP contribution in [0.5, 0.6) is 5.75 Å². The molecule has 11 nitrogen and oxygen atoms in total. The Kier molecular flexibility index (Phi) is 8.92. The van der Waals surface area contributed by atoms with Crippen molar-refractivity contribution in [1.29, 1.82) is 0 Å². The number of thioether (sulfide) groups is 1. The monoisotopic (exact) mass is 590 g/mol. The van der Waals surface area contributed by atoms with Crippen LogP contribution in [-0.4, -0.2) is 103 Å². The molecule has 2 aromatic carbocycles.